The molecule has 0 saturated heterocycles. The van der Waals surface area contributed by atoms with Crippen LogP contribution in [0, 0.1) is 0 Å². The van der Waals surface area contributed by atoms with Crippen molar-refractivity contribution in [2.24, 2.45) is 0 Å². The van der Waals surface area contributed by atoms with Gasteiger partial charge in [-0.1, -0.05) is 49.0 Å². The maximum Gasteiger partial charge on any atom is 0.257 e. The van der Waals surface area contributed by atoms with Gasteiger partial charge in [-0.2, -0.15) is 0 Å². The smallest absolute Gasteiger partial charge is 0.257 e. The molecular formula is C18H15NO2. The highest BCUT2D eigenvalue weighted by molar-refractivity contribution is 6.03. The molecular weight excluding hydrogens is 262 g/mol. The van der Waals surface area contributed by atoms with Crippen molar-refractivity contribution in [3.05, 3.63) is 77.4 Å². The highest BCUT2D eigenvalue weighted by atomic mass is 16.5. The van der Waals surface area contributed by atoms with Gasteiger partial charge in [-0.25, -0.2) is 0 Å². The number of fused-ring (bicyclic) bond motifs is 3. The van der Waals surface area contributed by atoms with Gasteiger partial charge in [-0.05, 0) is 22.8 Å². The van der Waals surface area contributed by atoms with Gasteiger partial charge in [0.05, 0.1) is 6.61 Å². The average molecular weight is 277 g/mol. The Morgan fingerprint density at radius 2 is 1.67 bits per heavy atom. The third kappa shape index (κ3) is 1.82. The quantitative estimate of drug-likeness (QED) is 0.740. The summed E-state index contributed by atoms with van der Waals surface area (Å²) in [6.07, 6.45) is -0.375. The molecule has 0 radical (unpaired) electrons. The van der Waals surface area contributed by atoms with Crippen LogP contribution < -0.4 is 0 Å². The molecule has 0 bridgehead atoms. The van der Waals surface area contributed by atoms with E-state index in [0.717, 1.165) is 22.3 Å². The zero-order chi connectivity index (χ0) is 14.4. The minimum Gasteiger partial charge on any atom is -0.349 e. The van der Waals surface area contributed by atoms with Gasteiger partial charge in [0.15, 0.2) is 6.23 Å². The number of amides is 1. The standard InChI is InChI=1S/C18H15NO2/c1-12-15-8-4-5-9-16(15)17(20)19-10-13-6-2-3-7-14(13)11-21-18(12)19/h2-9,18H,1,10-11H2. The van der Waals surface area contributed by atoms with Gasteiger partial charge in [-0.3, -0.25) is 4.79 Å². The first kappa shape index (κ1) is 12.4. The number of hydrogen-bond acceptors (Lipinski definition) is 2. The van der Waals surface area contributed by atoms with Crippen LogP contribution in [-0.2, 0) is 17.9 Å². The summed E-state index contributed by atoms with van der Waals surface area (Å²) in [5.74, 6) is 0.0136. The maximum atomic E-state index is 12.8. The third-order valence-corrected chi connectivity index (χ3v) is 4.20. The predicted octanol–water partition coefficient (Wildman–Crippen LogP) is 3.21. The summed E-state index contributed by atoms with van der Waals surface area (Å²) in [6, 6.07) is 15.7. The molecule has 0 fully saturated rings. The molecule has 0 aliphatic carbocycles. The summed E-state index contributed by atoms with van der Waals surface area (Å²) in [5, 5.41) is 0. The highest BCUT2D eigenvalue weighted by Crippen LogP contribution is 2.35. The van der Waals surface area contributed by atoms with Crippen LogP contribution in [0.3, 0.4) is 0 Å². The van der Waals surface area contributed by atoms with Crippen LogP contribution in [0.2, 0.25) is 0 Å². The Morgan fingerprint density at radius 3 is 2.48 bits per heavy atom. The summed E-state index contributed by atoms with van der Waals surface area (Å²) in [7, 11) is 0. The zero-order valence-corrected chi connectivity index (χ0v) is 11.6. The van der Waals surface area contributed by atoms with E-state index >= 15 is 0 Å². The molecule has 2 aliphatic rings. The molecule has 0 N–H and O–H groups in total. The Labute approximate surface area is 123 Å². The topological polar surface area (TPSA) is 29.5 Å². The Balaban J connectivity index is 1.82. The van der Waals surface area contributed by atoms with Gasteiger partial charge in [-0.15, -0.1) is 0 Å². The van der Waals surface area contributed by atoms with Crippen LogP contribution in [0.5, 0.6) is 0 Å². The van der Waals surface area contributed by atoms with E-state index in [-0.39, 0.29) is 12.1 Å². The van der Waals surface area contributed by atoms with E-state index < -0.39 is 0 Å². The van der Waals surface area contributed by atoms with E-state index in [1.807, 2.05) is 42.5 Å². The molecule has 3 nitrogen and oxygen atoms in total. The molecule has 2 aromatic rings. The lowest BCUT2D eigenvalue weighted by atomic mass is 9.93. The van der Waals surface area contributed by atoms with Gasteiger partial charge in [0.25, 0.3) is 5.91 Å². The minimum atomic E-state index is -0.375. The number of ether oxygens (including phenoxy) is 1. The number of rotatable bonds is 0. The molecule has 2 heterocycles. The van der Waals surface area contributed by atoms with Crippen molar-refractivity contribution < 1.29 is 9.53 Å². The van der Waals surface area contributed by atoms with Crippen LogP contribution in [0.15, 0.2) is 55.1 Å². The summed E-state index contributed by atoms with van der Waals surface area (Å²) in [5.41, 5.74) is 4.74. The van der Waals surface area contributed by atoms with Gasteiger partial charge in [0, 0.05) is 17.7 Å². The van der Waals surface area contributed by atoms with Gasteiger partial charge in [0.2, 0.25) is 0 Å². The zero-order valence-electron chi connectivity index (χ0n) is 11.6. The molecule has 0 saturated carbocycles. The SMILES string of the molecule is C=C1c2ccccc2C(=O)N2Cc3ccccc3COC12. The predicted molar refractivity (Wildman–Crippen MR) is 80.4 cm³/mol. The minimum absolute atomic E-state index is 0.0136. The van der Waals surface area contributed by atoms with Crippen molar-refractivity contribution in [3.8, 4) is 0 Å². The van der Waals surface area contributed by atoms with Crippen LogP contribution in [0.25, 0.3) is 5.57 Å². The largest absolute Gasteiger partial charge is 0.349 e. The fourth-order valence-electron chi connectivity index (χ4n) is 3.08. The van der Waals surface area contributed by atoms with Crippen molar-refractivity contribution >= 4 is 11.5 Å². The average Bonchev–Trinajstić information content (AvgIpc) is 2.72. The van der Waals surface area contributed by atoms with Crippen molar-refractivity contribution in [2.45, 2.75) is 19.4 Å². The van der Waals surface area contributed by atoms with Crippen LogP contribution in [0.1, 0.15) is 27.0 Å². The second-order valence-corrected chi connectivity index (χ2v) is 5.44. The number of carbonyl (C=O) groups is 1. The van der Waals surface area contributed by atoms with Crippen molar-refractivity contribution in [1.29, 1.82) is 0 Å². The van der Waals surface area contributed by atoms with E-state index in [2.05, 4.69) is 12.6 Å². The molecule has 21 heavy (non-hydrogen) atoms. The molecule has 1 amide bonds. The van der Waals surface area contributed by atoms with E-state index in [9.17, 15) is 4.79 Å². The first-order valence-electron chi connectivity index (χ1n) is 7.03. The Morgan fingerprint density at radius 1 is 1.00 bits per heavy atom. The summed E-state index contributed by atoms with van der Waals surface area (Å²) in [4.78, 5) is 14.5. The van der Waals surface area contributed by atoms with Gasteiger partial charge in [0.1, 0.15) is 0 Å². The lowest BCUT2D eigenvalue weighted by Crippen LogP contribution is -2.44. The Hall–Kier alpha value is -2.39. The first-order chi connectivity index (χ1) is 10.3. The maximum absolute atomic E-state index is 12.8. The monoisotopic (exact) mass is 277 g/mol. The van der Waals surface area contributed by atoms with Crippen molar-refractivity contribution in [3.63, 3.8) is 0 Å². The molecule has 2 aromatic carbocycles. The normalized spacial score (nSPS) is 20.4. The Kier molecular flexibility index (Phi) is 2.69. The second kappa shape index (κ2) is 4.57. The van der Waals surface area contributed by atoms with E-state index in [4.69, 9.17) is 4.74 Å². The molecule has 104 valence electrons. The number of hydrogen-bond donors (Lipinski definition) is 0. The van der Waals surface area contributed by atoms with Gasteiger partial charge >= 0.3 is 0 Å². The molecule has 4 rings (SSSR count). The van der Waals surface area contributed by atoms with Crippen LogP contribution in [0.4, 0.5) is 0 Å². The van der Waals surface area contributed by atoms with E-state index in [1.54, 1.807) is 4.90 Å². The lowest BCUT2D eigenvalue weighted by molar-refractivity contribution is -0.0187. The summed E-state index contributed by atoms with van der Waals surface area (Å²) in [6.45, 7) is 5.23. The summed E-state index contributed by atoms with van der Waals surface area (Å²) < 4.78 is 5.98. The second-order valence-electron chi connectivity index (χ2n) is 5.44. The third-order valence-electron chi connectivity index (χ3n) is 4.20. The van der Waals surface area contributed by atoms with Crippen LogP contribution >= 0.6 is 0 Å². The molecule has 0 aromatic heterocycles. The number of benzene rings is 2. The van der Waals surface area contributed by atoms with Crippen molar-refractivity contribution in [2.75, 3.05) is 0 Å². The van der Waals surface area contributed by atoms with Crippen molar-refractivity contribution in [1.82, 2.24) is 4.90 Å². The van der Waals surface area contributed by atoms with Gasteiger partial charge < -0.3 is 9.64 Å². The van der Waals surface area contributed by atoms with Crippen LogP contribution in [-0.4, -0.2) is 17.0 Å². The number of nitrogens with zero attached hydrogens (tertiary/aromatic N) is 1. The molecule has 1 unspecified atom stereocenters. The fourth-order valence-corrected chi connectivity index (χ4v) is 3.08. The molecule has 1 atom stereocenters. The fraction of sp³-hybridized carbons (Fsp3) is 0.167. The first-order valence-corrected chi connectivity index (χ1v) is 7.03. The Bertz CT molecular complexity index is 750. The summed E-state index contributed by atoms with van der Waals surface area (Å²) >= 11 is 0. The lowest BCUT2D eigenvalue weighted by Gasteiger charge is -2.36. The van der Waals surface area contributed by atoms with E-state index in [1.165, 1.54) is 0 Å². The molecule has 3 heteroatoms. The molecule has 0 spiro atoms. The van der Waals surface area contributed by atoms with E-state index in [0.29, 0.717) is 18.7 Å². The highest BCUT2D eigenvalue weighted by Gasteiger charge is 2.37. The number of carbonyl (C=O) groups excluding carboxylic acids is 1. The molecule has 2 aliphatic heterocycles.